The molecule has 0 aliphatic rings. The van der Waals surface area contributed by atoms with E-state index in [0.717, 1.165) is 32.7 Å². The van der Waals surface area contributed by atoms with Crippen molar-refractivity contribution in [1.29, 1.82) is 0 Å². The van der Waals surface area contributed by atoms with E-state index in [0.29, 0.717) is 19.6 Å². The number of ketones is 1. The van der Waals surface area contributed by atoms with Gasteiger partial charge in [-0.15, -0.1) is 0 Å². The predicted molar refractivity (Wildman–Crippen MR) is 265 cm³/mol. The number of carbonyl (C=O) groups is 3. The van der Waals surface area contributed by atoms with Crippen LogP contribution in [0.1, 0.15) is 51.7 Å². The van der Waals surface area contributed by atoms with Gasteiger partial charge in [0.1, 0.15) is 12.2 Å². The number of halogens is 2. The van der Waals surface area contributed by atoms with Crippen molar-refractivity contribution >= 4 is 191 Å². The molecule has 8 rings (SSSR count). The first kappa shape index (κ1) is 62.1. The number of Topliss-reactive ketones (excluding diaryl/α,β-unsaturated/α-hetero) is 1. The minimum atomic E-state index is -3.15. The fourth-order valence-electron chi connectivity index (χ4n) is 7.37. The van der Waals surface area contributed by atoms with Crippen LogP contribution in [0.25, 0.3) is 64.6 Å². The predicted octanol–water partition coefficient (Wildman–Crippen LogP) is 8.43. The number of carbonyl (C=O) groups excluding carboxylic acids is 5. The standard InChI is InChI=1S/C25H24O2.C18H10Br2.C6H10O3.CO2.3K.HO4P/c1-3-9-17-14-23-22-13-8-6-11-20(22)18(16-25(26)27-4-2)15-24(23)21-12-7-5-10-19(17)21;19-17-10-16-12-6-2-4-8-14(12)18(20)9-15(16)11-5-1-3-7-13(11)17;1-3-9-6(8)4-5(2)7;2-1-3;;;;1-4-5(2)3/h5-8,10-15H,3-4,9,16H2,1-2H3;1-10H;3-4H2,1-2H3;;;;;1H/q;;;;;;+1;/p-1. The zero-order chi connectivity index (χ0) is 48.8. The molecule has 0 saturated carbocycles. The fourth-order valence-corrected chi connectivity index (χ4v) is 8.52. The molecule has 11 nitrogen and oxygen atoms in total. The van der Waals surface area contributed by atoms with Gasteiger partial charge >= 0.3 is 141 Å². The summed E-state index contributed by atoms with van der Waals surface area (Å²) in [6, 6.07) is 43.0. The van der Waals surface area contributed by atoms with Crippen LogP contribution in [0.5, 0.6) is 0 Å². The summed E-state index contributed by atoms with van der Waals surface area (Å²) < 4.78 is 32.2. The molecule has 0 aromatic heterocycles. The van der Waals surface area contributed by atoms with E-state index in [4.69, 9.17) is 28.7 Å². The monoisotopic (exact) mass is 1130 g/mol. The second-order valence-electron chi connectivity index (χ2n) is 14.0. The third-order valence-corrected chi connectivity index (χ3v) is 11.2. The van der Waals surface area contributed by atoms with Crippen molar-refractivity contribution in [2.75, 3.05) is 13.2 Å². The summed E-state index contributed by atoms with van der Waals surface area (Å²) in [4.78, 5) is 49.1. The zero-order valence-electron chi connectivity index (χ0n) is 38.5. The summed E-state index contributed by atoms with van der Waals surface area (Å²) in [6.07, 6.45) is 2.63. The Morgan fingerprint density at radius 2 is 0.881 bits per heavy atom. The van der Waals surface area contributed by atoms with Crippen LogP contribution in [0, 0.1) is 0 Å². The second kappa shape index (κ2) is 33.6. The van der Waals surface area contributed by atoms with Crippen LogP contribution in [0.3, 0.4) is 0 Å². The number of rotatable bonds is 9. The molecule has 8 aromatic rings. The zero-order valence-corrected chi connectivity index (χ0v) is 51.9. The second-order valence-corrected chi connectivity index (χ2v) is 16.3. The quantitative estimate of drug-likeness (QED) is 0.0259. The maximum atomic E-state index is 12.2. The maximum absolute atomic E-state index is 12.2. The molecule has 0 radical (unpaired) electrons. The Hall–Kier alpha value is -1.00. The molecule has 0 fully saturated rings. The van der Waals surface area contributed by atoms with Crippen LogP contribution >= 0.6 is 39.8 Å². The SMILES string of the molecule is Brc1cc2c3ccccc3c(Br)cc2c2ccccc12.CCCc1cc2c3ccccc3c(CC(=O)OCC)cc2c2ccccc12.CCOC(=O)CC(C)=O.O=C=O.O=P(=O)O[O-].[K+].[K][K]. The summed E-state index contributed by atoms with van der Waals surface area (Å²) in [6.45, 7) is 7.88. The van der Waals surface area contributed by atoms with Gasteiger partial charge in [0.2, 0.25) is 0 Å². The van der Waals surface area contributed by atoms with Gasteiger partial charge in [0.15, 0.2) is 0 Å². The first-order valence-electron chi connectivity index (χ1n) is 21.1. The third kappa shape index (κ3) is 18.5. The van der Waals surface area contributed by atoms with Crippen LogP contribution < -0.4 is 56.6 Å². The molecule has 0 N–H and O–H groups in total. The molecule has 0 bridgehead atoms. The Kier molecular flexibility index (Phi) is 31.2. The Balaban J connectivity index is 0.000000337. The summed E-state index contributed by atoms with van der Waals surface area (Å²) in [5, 5.41) is 23.6. The number of esters is 2. The summed E-state index contributed by atoms with van der Waals surface area (Å²) in [5.74, 6) is -0.771. The topological polar surface area (TPSA) is 170 Å². The molecule has 0 aliphatic heterocycles. The number of fused-ring (bicyclic) bond motifs is 10. The molecule has 332 valence electrons. The summed E-state index contributed by atoms with van der Waals surface area (Å²) >= 11 is 9.92. The van der Waals surface area contributed by atoms with E-state index in [1.54, 1.807) is 6.92 Å². The average Bonchev–Trinajstić information content (AvgIpc) is 3.31. The van der Waals surface area contributed by atoms with Gasteiger partial charge in [-0.3, -0.25) is 14.4 Å². The summed E-state index contributed by atoms with van der Waals surface area (Å²) in [7, 11) is -3.15. The van der Waals surface area contributed by atoms with Gasteiger partial charge < -0.3 is 19.4 Å². The van der Waals surface area contributed by atoms with Crippen molar-refractivity contribution in [1.82, 2.24) is 0 Å². The fraction of sp³-hybridized carbons (Fsp3) is 0.200. The van der Waals surface area contributed by atoms with Crippen molar-refractivity contribution in [3.8, 4) is 0 Å². The Morgan fingerprint density at radius 1 is 0.567 bits per heavy atom. The van der Waals surface area contributed by atoms with Crippen LogP contribution in [-0.4, -0.2) is 100 Å². The molecule has 0 amide bonds. The number of ether oxygens (including phenoxy) is 2. The van der Waals surface area contributed by atoms with Gasteiger partial charge in [-0.05, 0) is 127 Å². The number of aryl methyl sites for hydroxylation is 1. The molecule has 0 spiro atoms. The van der Waals surface area contributed by atoms with Gasteiger partial charge in [-0.1, -0.05) is 142 Å². The van der Waals surface area contributed by atoms with E-state index in [1.807, 2.05) is 13.0 Å². The van der Waals surface area contributed by atoms with Gasteiger partial charge in [0.25, 0.3) is 0 Å². The van der Waals surface area contributed by atoms with Crippen molar-refractivity contribution in [2.45, 2.75) is 53.4 Å². The molecule has 0 saturated heterocycles. The molecule has 17 heteroatoms. The van der Waals surface area contributed by atoms with E-state index in [2.05, 4.69) is 163 Å². The first-order valence-corrected chi connectivity index (χ1v) is 39.8. The average molecular weight is 1130 g/mol. The molecule has 0 heterocycles. The van der Waals surface area contributed by atoms with Crippen LogP contribution in [0.15, 0.2) is 130 Å². The van der Waals surface area contributed by atoms with Crippen molar-refractivity contribution in [3.63, 3.8) is 0 Å². The van der Waals surface area contributed by atoms with E-state index >= 15 is 0 Å². The third-order valence-electron chi connectivity index (χ3n) is 9.75. The number of hydrogen-bond acceptors (Lipinski definition) is 11. The van der Waals surface area contributed by atoms with Crippen LogP contribution in [0.2, 0.25) is 0 Å². The number of hydrogen-bond donors (Lipinski definition) is 0. The minimum absolute atomic E-state index is 0. The van der Waals surface area contributed by atoms with Gasteiger partial charge in [0.05, 0.1) is 19.6 Å². The normalized spacial score (nSPS) is 9.96. The molecular weight excluding hydrogens is 1080 g/mol. The molecule has 8 aromatic carbocycles. The van der Waals surface area contributed by atoms with Gasteiger partial charge in [-0.25, -0.2) is 9.13 Å². The number of benzene rings is 8. The Bertz CT molecular complexity index is 2980. The van der Waals surface area contributed by atoms with E-state index in [9.17, 15) is 14.4 Å². The van der Waals surface area contributed by atoms with Crippen molar-refractivity contribution < 1.29 is 104 Å². The van der Waals surface area contributed by atoms with Crippen molar-refractivity contribution in [2.24, 2.45) is 0 Å². The van der Waals surface area contributed by atoms with E-state index in [1.165, 1.54) is 135 Å². The molecule has 0 atom stereocenters. The molecule has 67 heavy (non-hydrogen) atoms. The van der Waals surface area contributed by atoms with E-state index in [-0.39, 0.29) is 75.7 Å². The Morgan fingerprint density at radius 3 is 1.24 bits per heavy atom. The Labute approximate surface area is 493 Å². The van der Waals surface area contributed by atoms with Crippen LogP contribution in [-0.2, 0) is 60.1 Å². The van der Waals surface area contributed by atoms with Gasteiger partial charge in [-0.2, -0.15) is 9.59 Å². The molecular formula is C50H44Br2K3O11P. The first-order chi connectivity index (χ1) is 31.8. The summed E-state index contributed by atoms with van der Waals surface area (Å²) in [5.41, 5.74) is 2.42. The van der Waals surface area contributed by atoms with Crippen LogP contribution in [0.4, 0.5) is 0 Å². The molecule has 0 aliphatic carbocycles. The molecule has 0 unspecified atom stereocenters. The van der Waals surface area contributed by atoms with Gasteiger partial charge in [0, 0.05) is 8.95 Å². The van der Waals surface area contributed by atoms with E-state index < -0.39 is 13.9 Å². The van der Waals surface area contributed by atoms with Crippen molar-refractivity contribution in [3.05, 3.63) is 141 Å².